The number of nitrogens with two attached hydrogens (primary N) is 1. The Morgan fingerprint density at radius 1 is 1.70 bits per heavy atom. The van der Waals surface area contributed by atoms with Crippen molar-refractivity contribution in [3.63, 3.8) is 0 Å². The normalized spacial score (nSPS) is 12.1. The second-order valence-electron chi connectivity index (χ2n) is 2.59. The van der Waals surface area contributed by atoms with Crippen molar-refractivity contribution >= 4 is 5.97 Å². The number of carboxylic acids is 1. The van der Waals surface area contributed by atoms with Crippen LogP contribution in [0.3, 0.4) is 0 Å². The summed E-state index contributed by atoms with van der Waals surface area (Å²) in [5.41, 5.74) is 5.06. The van der Waals surface area contributed by atoms with Gasteiger partial charge in [-0.25, -0.2) is 4.79 Å². The van der Waals surface area contributed by atoms with Gasteiger partial charge in [0, 0.05) is 0 Å². The van der Waals surface area contributed by atoms with E-state index in [1.54, 1.807) is 0 Å². The minimum absolute atomic E-state index is 0.0614. The molecule has 0 spiro atoms. The Morgan fingerprint density at radius 3 is 2.50 bits per heavy atom. The van der Waals surface area contributed by atoms with Gasteiger partial charge in [0.05, 0.1) is 0 Å². The van der Waals surface area contributed by atoms with Crippen molar-refractivity contribution in [1.82, 2.24) is 0 Å². The van der Waals surface area contributed by atoms with Crippen LogP contribution in [0.4, 0.5) is 0 Å². The van der Waals surface area contributed by atoms with Gasteiger partial charge in [-0.1, -0.05) is 19.9 Å². The minimum atomic E-state index is -1.04. The predicted molar refractivity (Wildman–Crippen MR) is 39.4 cm³/mol. The summed E-state index contributed by atoms with van der Waals surface area (Å²) in [6.45, 7) is 4.01. The smallest absolute Gasteiger partial charge is 0.351 e. The van der Waals surface area contributed by atoms with E-state index in [-0.39, 0.29) is 5.70 Å². The van der Waals surface area contributed by atoms with E-state index in [1.807, 2.05) is 13.8 Å². The Balaban J connectivity index is 3.81. The fourth-order valence-electron chi connectivity index (χ4n) is 0.450. The van der Waals surface area contributed by atoms with Crippen LogP contribution < -0.4 is 5.73 Å². The van der Waals surface area contributed by atoms with Gasteiger partial charge in [-0.05, 0) is 12.3 Å². The molecule has 58 valence electrons. The van der Waals surface area contributed by atoms with E-state index in [0.717, 1.165) is 6.42 Å². The molecule has 0 atom stereocenters. The second-order valence-corrected chi connectivity index (χ2v) is 2.59. The van der Waals surface area contributed by atoms with Gasteiger partial charge in [0.2, 0.25) is 0 Å². The molecule has 0 aromatic heterocycles. The summed E-state index contributed by atoms with van der Waals surface area (Å²) in [7, 11) is 0. The lowest BCUT2D eigenvalue weighted by Crippen LogP contribution is -2.09. The third-order valence-corrected chi connectivity index (χ3v) is 1.06. The molecule has 0 saturated carbocycles. The highest BCUT2D eigenvalue weighted by Gasteiger charge is 1.99. The van der Waals surface area contributed by atoms with Gasteiger partial charge in [-0.3, -0.25) is 0 Å². The highest BCUT2D eigenvalue weighted by molar-refractivity contribution is 5.85. The summed E-state index contributed by atoms with van der Waals surface area (Å²) in [6.07, 6.45) is 2.26. The minimum Gasteiger partial charge on any atom is -0.477 e. The fraction of sp³-hybridized carbons (Fsp3) is 0.571. The van der Waals surface area contributed by atoms with Crippen LogP contribution >= 0.6 is 0 Å². The summed E-state index contributed by atoms with van der Waals surface area (Å²) < 4.78 is 0. The fourth-order valence-corrected chi connectivity index (χ4v) is 0.450. The van der Waals surface area contributed by atoms with Gasteiger partial charge in [0.1, 0.15) is 5.70 Å². The molecule has 10 heavy (non-hydrogen) atoms. The number of carboxylic acid groups (broad SMARTS) is 1. The van der Waals surface area contributed by atoms with Crippen LogP contribution in [0.25, 0.3) is 0 Å². The molecule has 0 amide bonds. The Hall–Kier alpha value is -0.990. The lowest BCUT2D eigenvalue weighted by atomic mass is 10.1. The molecule has 0 aliphatic rings. The van der Waals surface area contributed by atoms with Gasteiger partial charge >= 0.3 is 5.97 Å². The zero-order valence-electron chi connectivity index (χ0n) is 6.29. The van der Waals surface area contributed by atoms with Gasteiger partial charge in [0.25, 0.3) is 0 Å². The number of allylic oxidation sites excluding steroid dienone is 1. The predicted octanol–water partition coefficient (Wildman–Crippen LogP) is 0.960. The number of aliphatic carboxylic acids is 1. The van der Waals surface area contributed by atoms with Gasteiger partial charge < -0.3 is 10.8 Å². The van der Waals surface area contributed by atoms with Crippen LogP contribution in [0.2, 0.25) is 0 Å². The number of hydrogen-bond acceptors (Lipinski definition) is 2. The highest BCUT2D eigenvalue weighted by atomic mass is 16.4. The van der Waals surface area contributed by atoms with Crippen molar-refractivity contribution in [2.24, 2.45) is 11.7 Å². The maximum atomic E-state index is 10.1. The summed E-state index contributed by atoms with van der Waals surface area (Å²) in [5, 5.41) is 8.30. The zero-order valence-corrected chi connectivity index (χ0v) is 6.29. The maximum absolute atomic E-state index is 10.1. The van der Waals surface area contributed by atoms with Crippen molar-refractivity contribution in [1.29, 1.82) is 0 Å². The molecule has 0 rings (SSSR count). The summed E-state index contributed by atoms with van der Waals surface area (Å²) >= 11 is 0. The number of carbonyl (C=O) groups is 1. The first-order valence-electron chi connectivity index (χ1n) is 3.23. The van der Waals surface area contributed by atoms with E-state index >= 15 is 0 Å². The average Bonchev–Trinajstić information content (AvgIpc) is 1.82. The van der Waals surface area contributed by atoms with Gasteiger partial charge in [-0.15, -0.1) is 0 Å². The van der Waals surface area contributed by atoms with Gasteiger partial charge in [0.15, 0.2) is 0 Å². The van der Waals surface area contributed by atoms with Crippen molar-refractivity contribution < 1.29 is 9.90 Å². The Labute approximate surface area is 60.5 Å². The lowest BCUT2D eigenvalue weighted by molar-refractivity contribution is -0.132. The van der Waals surface area contributed by atoms with Crippen molar-refractivity contribution in [3.05, 3.63) is 11.8 Å². The SMILES string of the molecule is CC(C)C/C=C(/N)C(=O)O. The molecular weight excluding hydrogens is 130 g/mol. The Morgan fingerprint density at radius 2 is 2.20 bits per heavy atom. The van der Waals surface area contributed by atoms with Crippen LogP contribution in [0, 0.1) is 5.92 Å². The van der Waals surface area contributed by atoms with E-state index in [2.05, 4.69) is 0 Å². The van der Waals surface area contributed by atoms with Crippen LogP contribution in [0.1, 0.15) is 20.3 Å². The molecule has 0 aromatic rings. The third-order valence-electron chi connectivity index (χ3n) is 1.06. The molecule has 0 radical (unpaired) electrons. The highest BCUT2D eigenvalue weighted by Crippen LogP contribution is 2.01. The molecule has 0 saturated heterocycles. The van der Waals surface area contributed by atoms with E-state index < -0.39 is 5.97 Å². The summed E-state index contributed by atoms with van der Waals surface area (Å²) in [4.78, 5) is 10.1. The molecule has 3 heteroatoms. The summed E-state index contributed by atoms with van der Waals surface area (Å²) in [6, 6.07) is 0. The monoisotopic (exact) mass is 143 g/mol. The quantitative estimate of drug-likeness (QED) is 0.578. The van der Waals surface area contributed by atoms with Crippen molar-refractivity contribution in [2.75, 3.05) is 0 Å². The van der Waals surface area contributed by atoms with Crippen LogP contribution in [0.5, 0.6) is 0 Å². The average molecular weight is 143 g/mol. The molecule has 3 nitrogen and oxygen atoms in total. The molecule has 0 aliphatic heterocycles. The van der Waals surface area contributed by atoms with E-state index in [9.17, 15) is 4.79 Å². The standard InChI is InChI=1S/C7H13NO2/c1-5(2)3-4-6(8)7(9)10/h4-5H,3,8H2,1-2H3,(H,9,10)/b6-4+. The largest absolute Gasteiger partial charge is 0.477 e. The molecule has 3 N–H and O–H groups in total. The zero-order chi connectivity index (χ0) is 8.15. The first kappa shape index (κ1) is 9.01. The van der Waals surface area contributed by atoms with Crippen molar-refractivity contribution in [3.8, 4) is 0 Å². The number of hydrogen-bond donors (Lipinski definition) is 2. The molecule has 0 fully saturated rings. The summed E-state index contributed by atoms with van der Waals surface area (Å²) in [5.74, 6) is -0.585. The van der Waals surface area contributed by atoms with E-state index in [4.69, 9.17) is 10.8 Å². The first-order chi connectivity index (χ1) is 4.54. The topological polar surface area (TPSA) is 63.3 Å². The maximum Gasteiger partial charge on any atom is 0.351 e. The van der Waals surface area contributed by atoms with Crippen LogP contribution in [-0.4, -0.2) is 11.1 Å². The molecule has 0 unspecified atom stereocenters. The molecule has 0 aromatic carbocycles. The molecule has 0 aliphatic carbocycles. The number of rotatable bonds is 3. The third kappa shape index (κ3) is 3.95. The van der Waals surface area contributed by atoms with Crippen LogP contribution in [-0.2, 0) is 4.79 Å². The van der Waals surface area contributed by atoms with Crippen molar-refractivity contribution in [2.45, 2.75) is 20.3 Å². The van der Waals surface area contributed by atoms with E-state index in [0.29, 0.717) is 5.92 Å². The van der Waals surface area contributed by atoms with E-state index in [1.165, 1.54) is 6.08 Å². The molecule has 0 bridgehead atoms. The Kier molecular flexibility index (Phi) is 3.54. The molecule has 0 heterocycles. The lowest BCUT2D eigenvalue weighted by Gasteiger charge is -1.97. The Bertz CT molecular complexity index is 150. The van der Waals surface area contributed by atoms with Gasteiger partial charge in [-0.2, -0.15) is 0 Å². The van der Waals surface area contributed by atoms with Crippen LogP contribution in [0.15, 0.2) is 11.8 Å². The molecular formula is C7H13NO2. The second kappa shape index (κ2) is 3.93. The first-order valence-corrected chi connectivity index (χ1v) is 3.23.